The van der Waals surface area contributed by atoms with Gasteiger partial charge in [0.15, 0.2) is 5.11 Å². The van der Waals surface area contributed by atoms with Gasteiger partial charge in [-0.2, -0.15) is 0 Å². The number of benzene rings is 2. The van der Waals surface area contributed by atoms with Crippen molar-refractivity contribution in [1.82, 2.24) is 9.80 Å². The largest absolute Gasteiger partial charge is 0.345 e. The lowest BCUT2D eigenvalue weighted by Crippen LogP contribution is -2.51. The molecule has 0 radical (unpaired) electrons. The highest BCUT2D eigenvalue weighted by Crippen LogP contribution is 2.37. The summed E-state index contributed by atoms with van der Waals surface area (Å²) in [6.45, 7) is 2.46. The van der Waals surface area contributed by atoms with Crippen LogP contribution in [0.1, 0.15) is 9.67 Å². The Morgan fingerprint density at radius 2 is 1.55 bits per heavy atom. The number of carbonyl (C=O) groups excluding carboxylic acids is 1. The molecule has 1 fully saturated rings. The van der Waals surface area contributed by atoms with Crippen molar-refractivity contribution in [2.45, 2.75) is 0 Å². The van der Waals surface area contributed by atoms with Gasteiger partial charge in [0.2, 0.25) is 0 Å². The maximum absolute atomic E-state index is 13.0. The van der Waals surface area contributed by atoms with Gasteiger partial charge in [-0.15, -0.1) is 11.3 Å². The fourth-order valence-electron chi connectivity index (χ4n) is 3.17. The van der Waals surface area contributed by atoms with Crippen LogP contribution in [0.4, 0.5) is 5.69 Å². The van der Waals surface area contributed by atoms with Crippen molar-refractivity contribution < 1.29 is 4.79 Å². The van der Waals surface area contributed by atoms with Crippen LogP contribution < -0.4 is 5.32 Å². The molecule has 1 aliphatic heterocycles. The van der Waals surface area contributed by atoms with E-state index in [1.807, 2.05) is 41.3 Å². The van der Waals surface area contributed by atoms with Gasteiger partial charge in [0, 0.05) is 52.0 Å². The number of hydrogen-bond acceptors (Lipinski definition) is 3. The van der Waals surface area contributed by atoms with Gasteiger partial charge in [-0.05, 0) is 48.6 Å². The first kappa shape index (κ1) is 20.7. The Bertz CT molecular complexity index is 1080. The van der Waals surface area contributed by atoms with Crippen LogP contribution in [0.15, 0.2) is 42.5 Å². The molecule has 2 aromatic carbocycles. The molecule has 2 heterocycles. The summed E-state index contributed by atoms with van der Waals surface area (Å²) in [5, 5.41) is 6.50. The number of rotatable bonds is 2. The lowest BCUT2D eigenvalue weighted by Gasteiger charge is -2.36. The average Bonchev–Trinajstić information content (AvgIpc) is 3.05. The van der Waals surface area contributed by atoms with E-state index in [9.17, 15) is 4.79 Å². The van der Waals surface area contributed by atoms with E-state index < -0.39 is 0 Å². The van der Waals surface area contributed by atoms with E-state index in [0.717, 1.165) is 15.8 Å². The number of thiophene rings is 1. The Morgan fingerprint density at radius 1 is 0.931 bits per heavy atom. The molecule has 4 rings (SSSR count). The van der Waals surface area contributed by atoms with E-state index in [4.69, 9.17) is 47.0 Å². The summed E-state index contributed by atoms with van der Waals surface area (Å²) in [5.74, 6) is -0.0523. The van der Waals surface area contributed by atoms with E-state index in [0.29, 0.717) is 51.2 Å². The molecule has 4 nitrogen and oxygen atoms in total. The van der Waals surface area contributed by atoms with Crippen molar-refractivity contribution in [3.8, 4) is 0 Å². The molecule has 150 valence electrons. The third-order valence-electron chi connectivity index (χ3n) is 4.74. The summed E-state index contributed by atoms with van der Waals surface area (Å²) in [7, 11) is 0. The second kappa shape index (κ2) is 8.66. The van der Waals surface area contributed by atoms with Crippen molar-refractivity contribution in [3.63, 3.8) is 0 Å². The average molecular weight is 485 g/mol. The molecule has 0 atom stereocenters. The Kier molecular flexibility index (Phi) is 6.18. The molecule has 1 aliphatic rings. The predicted octanol–water partition coefficient (Wildman–Crippen LogP) is 6.02. The lowest BCUT2D eigenvalue weighted by atomic mass is 10.2. The number of amides is 1. The monoisotopic (exact) mass is 483 g/mol. The summed E-state index contributed by atoms with van der Waals surface area (Å²) >= 11 is 25.3. The number of piperazine rings is 1. The standard InChI is InChI=1S/C20H16Cl3N3OS2/c21-12-1-4-14(5-2-12)24-20(28)26-9-7-25(8-10-26)19(27)18-17(23)15-6-3-13(22)11-16(15)29-18/h1-6,11H,7-10H2,(H,24,28). The van der Waals surface area contributed by atoms with E-state index in [2.05, 4.69) is 10.2 Å². The zero-order valence-corrected chi connectivity index (χ0v) is 19.0. The highest BCUT2D eigenvalue weighted by Gasteiger charge is 2.27. The fourth-order valence-corrected chi connectivity index (χ4v) is 5.35. The number of thiocarbonyl (C=S) groups is 1. The highest BCUT2D eigenvalue weighted by molar-refractivity contribution is 7.80. The molecule has 0 bridgehead atoms. The van der Waals surface area contributed by atoms with Gasteiger partial charge in [-0.1, -0.05) is 40.9 Å². The van der Waals surface area contributed by atoms with Gasteiger partial charge in [-0.3, -0.25) is 4.79 Å². The summed E-state index contributed by atoms with van der Waals surface area (Å²) in [5.41, 5.74) is 0.883. The Labute approximate surface area is 192 Å². The summed E-state index contributed by atoms with van der Waals surface area (Å²) in [6, 6.07) is 12.9. The molecule has 0 spiro atoms. The summed E-state index contributed by atoms with van der Waals surface area (Å²) < 4.78 is 0.915. The lowest BCUT2D eigenvalue weighted by molar-refractivity contribution is 0.0698. The zero-order chi connectivity index (χ0) is 20.5. The van der Waals surface area contributed by atoms with Crippen molar-refractivity contribution in [2.75, 3.05) is 31.5 Å². The number of nitrogens with one attached hydrogen (secondary N) is 1. The molecule has 1 saturated heterocycles. The number of anilines is 1. The van der Waals surface area contributed by atoms with Gasteiger partial charge in [0.1, 0.15) is 4.88 Å². The molecule has 1 amide bonds. The Balaban J connectivity index is 1.40. The number of fused-ring (bicyclic) bond motifs is 1. The summed E-state index contributed by atoms with van der Waals surface area (Å²) in [6.07, 6.45) is 0. The van der Waals surface area contributed by atoms with Crippen molar-refractivity contribution in [1.29, 1.82) is 0 Å². The molecule has 9 heteroatoms. The molecule has 29 heavy (non-hydrogen) atoms. The quantitative estimate of drug-likeness (QED) is 0.451. The van der Waals surface area contributed by atoms with Gasteiger partial charge in [0.25, 0.3) is 5.91 Å². The van der Waals surface area contributed by atoms with Crippen LogP contribution in [0, 0.1) is 0 Å². The third kappa shape index (κ3) is 4.47. The predicted molar refractivity (Wildman–Crippen MR) is 127 cm³/mol. The first-order valence-electron chi connectivity index (χ1n) is 8.90. The van der Waals surface area contributed by atoms with Gasteiger partial charge in [-0.25, -0.2) is 0 Å². The first-order chi connectivity index (χ1) is 13.9. The van der Waals surface area contributed by atoms with Gasteiger partial charge in [0.05, 0.1) is 5.02 Å². The number of nitrogens with zero attached hydrogens (tertiary/aromatic N) is 2. The van der Waals surface area contributed by atoms with Crippen LogP contribution >= 0.6 is 58.4 Å². The van der Waals surface area contributed by atoms with Crippen LogP contribution in [-0.4, -0.2) is 47.0 Å². The zero-order valence-electron chi connectivity index (χ0n) is 15.1. The number of carbonyl (C=O) groups is 1. The highest BCUT2D eigenvalue weighted by atomic mass is 35.5. The van der Waals surface area contributed by atoms with Crippen molar-refractivity contribution >= 4 is 85.2 Å². The molecule has 0 saturated carbocycles. The smallest absolute Gasteiger partial charge is 0.265 e. The normalized spacial score (nSPS) is 14.3. The number of halogens is 3. The van der Waals surface area contributed by atoms with E-state index >= 15 is 0 Å². The molecule has 0 unspecified atom stereocenters. The minimum absolute atomic E-state index is 0.0523. The maximum atomic E-state index is 13.0. The Hall–Kier alpha value is -1.57. The second-order valence-corrected chi connectivity index (χ2v) is 9.29. The van der Waals surface area contributed by atoms with Crippen LogP contribution in [0.5, 0.6) is 0 Å². The molecular weight excluding hydrogens is 469 g/mol. The van der Waals surface area contributed by atoms with Gasteiger partial charge >= 0.3 is 0 Å². The number of hydrogen-bond donors (Lipinski definition) is 1. The molecule has 3 aromatic rings. The topological polar surface area (TPSA) is 35.6 Å². The SMILES string of the molecule is O=C(c1sc2cc(Cl)ccc2c1Cl)N1CCN(C(=S)Nc2ccc(Cl)cc2)CC1. The van der Waals surface area contributed by atoms with E-state index in [1.54, 1.807) is 6.07 Å². The van der Waals surface area contributed by atoms with Crippen molar-refractivity contribution in [2.24, 2.45) is 0 Å². The van der Waals surface area contributed by atoms with Crippen LogP contribution in [-0.2, 0) is 0 Å². The summed E-state index contributed by atoms with van der Waals surface area (Å²) in [4.78, 5) is 17.4. The first-order valence-corrected chi connectivity index (χ1v) is 11.3. The van der Waals surface area contributed by atoms with Gasteiger partial charge < -0.3 is 15.1 Å². The minimum Gasteiger partial charge on any atom is -0.345 e. The second-order valence-electron chi connectivity index (χ2n) is 6.60. The molecule has 1 N–H and O–H groups in total. The minimum atomic E-state index is -0.0523. The van der Waals surface area contributed by atoms with Crippen LogP contribution in [0.2, 0.25) is 15.1 Å². The van der Waals surface area contributed by atoms with Crippen molar-refractivity contribution in [3.05, 3.63) is 62.4 Å². The molecular formula is C20H16Cl3N3OS2. The Morgan fingerprint density at radius 3 is 2.24 bits per heavy atom. The third-order valence-corrected chi connectivity index (χ3v) is 7.23. The molecule has 0 aliphatic carbocycles. The van der Waals surface area contributed by atoms with Crippen LogP contribution in [0.3, 0.4) is 0 Å². The maximum Gasteiger partial charge on any atom is 0.265 e. The van der Waals surface area contributed by atoms with E-state index in [-0.39, 0.29) is 5.91 Å². The fraction of sp³-hybridized carbons (Fsp3) is 0.200. The van der Waals surface area contributed by atoms with E-state index in [1.165, 1.54) is 11.3 Å². The van der Waals surface area contributed by atoms with Crippen LogP contribution in [0.25, 0.3) is 10.1 Å². The molecule has 1 aromatic heterocycles.